The predicted octanol–water partition coefficient (Wildman–Crippen LogP) is 3.71. The number of benzene rings is 2. The Kier molecular flexibility index (Phi) is 6.55. The molecule has 28 heavy (non-hydrogen) atoms. The molecule has 0 amide bonds. The summed E-state index contributed by atoms with van der Waals surface area (Å²) in [6.45, 7) is 3.79. The fraction of sp³-hybridized carbons (Fsp3) is 0.417. The molecule has 2 unspecified atom stereocenters. The van der Waals surface area contributed by atoms with Gasteiger partial charge >= 0.3 is 0 Å². The van der Waals surface area contributed by atoms with Crippen LogP contribution in [-0.2, 0) is 9.47 Å². The summed E-state index contributed by atoms with van der Waals surface area (Å²) in [5, 5.41) is 10.3. The van der Waals surface area contributed by atoms with Gasteiger partial charge in [-0.2, -0.15) is 0 Å². The van der Waals surface area contributed by atoms with Gasteiger partial charge in [0.25, 0.3) is 0 Å². The maximum absolute atomic E-state index is 10.3. The van der Waals surface area contributed by atoms with Crippen LogP contribution in [0, 0.1) is 0 Å². The van der Waals surface area contributed by atoms with E-state index in [1.807, 2.05) is 0 Å². The molecule has 2 saturated heterocycles. The lowest BCUT2D eigenvalue weighted by Gasteiger charge is -2.32. The highest BCUT2D eigenvalue weighted by atomic mass is 16.6. The largest absolute Gasteiger partial charge is 0.379 e. The van der Waals surface area contributed by atoms with E-state index in [4.69, 9.17) is 9.47 Å². The summed E-state index contributed by atoms with van der Waals surface area (Å²) in [7, 11) is 0. The normalized spacial score (nSPS) is 21.6. The van der Waals surface area contributed by atoms with Crippen LogP contribution >= 0.6 is 0 Å². The molecule has 4 heteroatoms. The molecule has 2 atom stereocenters. The molecule has 2 aromatic carbocycles. The molecule has 0 bridgehead atoms. The summed E-state index contributed by atoms with van der Waals surface area (Å²) in [5.41, 5.74) is 5.41. The van der Waals surface area contributed by atoms with Gasteiger partial charge in [0.1, 0.15) is 0 Å². The highest BCUT2D eigenvalue weighted by Gasteiger charge is 2.24. The minimum absolute atomic E-state index is 0.0398. The average Bonchev–Trinajstić information content (AvgIpc) is 3.24. The summed E-state index contributed by atoms with van der Waals surface area (Å²) < 4.78 is 11.0. The van der Waals surface area contributed by atoms with E-state index in [2.05, 4.69) is 65.6 Å². The number of piperidine rings is 1. The maximum Gasteiger partial charge on any atom is 0.167 e. The molecule has 0 radical (unpaired) electrons. The van der Waals surface area contributed by atoms with Gasteiger partial charge in [0, 0.05) is 26.2 Å². The van der Waals surface area contributed by atoms with Crippen LogP contribution in [0.15, 0.2) is 66.2 Å². The molecule has 2 aliphatic heterocycles. The first-order valence-corrected chi connectivity index (χ1v) is 10.3. The Balaban J connectivity index is 1.44. The average molecular weight is 380 g/mol. The van der Waals surface area contributed by atoms with Crippen LogP contribution in [0.2, 0.25) is 0 Å². The molecule has 148 valence electrons. The predicted molar refractivity (Wildman–Crippen MR) is 111 cm³/mol. The molecule has 0 aromatic heterocycles. The summed E-state index contributed by atoms with van der Waals surface area (Å²) >= 11 is 0. The van der Waals surface area contributed by atoms with Gasteiger partial charge < -0.3 is 14.6 Å². The van der Waals surface area contributed by atoms with Crippen molar-refractivity contribution in [1.29, 1.82) is 0 Å². The van der Waals surface area contributed by atoms with Gasteiger partial charge in [-0.1, -0.05) is 66.2 Å². The van der Waals surface area contributed by atoms with Gasteiger partial charge in [0.05, 0.1) is 12.7 Å². The minimum Gasteiger partial charge on any atom is -0.379 e. The third-order valence-corrected chi connectivity index (χ3v) is 5.59. The molecular formula is C24H29NO3. The number of nitrogens with zero attached hydrogens (tertiary/aromatic N) is 1. The first-order valence-electron chi connectivity index (χ1n) is 10.3. The zero-order chi connectivity index (χ0) is 19.2. The highest BCUT2D eigenvalue weighted by molar-refractivity contribution is 5.82. The zero-order valence-electron chi connectivity index (χ0n) is 16.3. The first-order chi connectivity index (χ1) is 13.8. The topological polar surface area (TPSA) is 41.9 Å². The second-order valence-electron chi connectivity index (χ2n) is 7.59. The van der Waals surface area contributed by atoms with Gasteiger partial charge in [-0.05, 0) is 36.0 Å². The van der Waals surface area contributed by atoms with Gasteiger partial charge in [-0.25, -0.2) is 0 Å². The maximum atomic E-state index is 10.3. The molecule has 2 heterocycles. The molecule has 0 saturated carbocycles. The smallest absolute Gasteiger partial charge is 0.167 e. The quantitative estimate of drug-likeness (QED) is 0.777. The first kappa shape index (κ1) is 19.3. The van der Waals surface area contributed by atoms with E-state index in [9.17, 15) is 5.11 Å². The van der Waals surface area contributed by atoms with Crippen LogP contribution in [0.1, 0.15) is 30.4 Å². The molecule has 2 aliphatic rings. The molecule has 0 spiro atoms. The van der Waals surface area contributed by atoms with Crippen LogP contribution in [0.25, 0.3) is 5.57 Å². The molecular weight excluding hydrogens is 350 g/mol. The number of hydrogen-bond acceptors (Lipinski definition) is 4. The van der Waals surface area contributed by atoms with Gasteiger partial charge in [-0.3, -0.25) is 4.90 Å². The molecule has 2 aromatic rings. The zero-order valence-corrected chi connectivity index (χ0v) is 16.3. The van der Waals surface area contributed by atoms with E-state index in [1.165, 1.54) is 22.3 Å². The summed E-state index contributed by atoms with van der Waals surface area (Å²) in [4.78, 5) is 2.30. The van der Waals surface area contributed by atoms with E-state index < -0.39 is 6.29 Å². The second-order valence-corrected chi connectivity index (χ2v) is 7.59. The van der Waals surface area contributed by atoms with Crippen molar-refractivity contribution in [1.82, 2.24) is 4.90 Å². The molecule has 2 fully saturated rings. The lowest BCUT2D eigenvalue weighted by Crippen LogP contribution is -2.39. The van der Waals surface area contributed by atoms with Crippen molar-refractivity contribution in [2.75, 3.05) is 32.8 Å². The van der Waals surface area contributed by atoms with Gasteiger partial charge in [0.15, 0.2) is 6.29 Å². The standard InChI is InChI=1S/C24H29NO3/c26-23(28-22-13-16-27-18-22)17-25-14-11-21(12-15-25)24(19-7-3-1-4-8-19)20-9-5-2-6-10-20/h1-10,22-23,26H,11-18H2. The molecule has 0 aliphatic carbocycles. The molecule has 4 nitrogen and oxygen atoms in total. The Morgan fingerprint density at radius 1 is 1.00 bits per heavy atom. The van der Waals surface area contributed by atoms with E-state index in [0.29, 0.717) is 13.2 Å². The lowest BCUT2D eigenvalue weighted by molar-refractivity contribution is -0.146. The number of ether oxygens (including phenoxy) is 2. The second kappa shape index (κ2) is 9.48. The van der Waals surface area contributed by atoms with Crippen molar-refractivity contribution in [3.8, 4) is 0 Å². The van der Waals surface area contributed by atoms with Gasteiger partial charge in [-0.15, -0.1) is 0 Å². The van der Waals surface area contributed by atoms with Crippen molar-refractivity contribution in [2.45, 2.75) is 31.7 Å². The van der Waals surface area contributed by atoms with E-state index in [1.54, 1.807) is 0 Å². The number of rotatable bonds is 6. The van der Waals surface area contributed by atoms with Crippen LogP contribution in [0.4, 0.5) is 0 Å². The lowest BCUT2D eigenvalue weighted by atomic mass is 9.88. The summed E-state index contributed by atoms with van der Waals surface area (Å²) in [6.07, 6.45) is 2.20. The minimum atomic E-state index is -0.736. The summed E-state index contributed by atoms with van der Waals surface area (Å²) in [6, 6.07) is 21.3. The number of likely N-dealkylation sites (tertiary alicyclic amines) is 1. The van der Waals surface area contributed by atoms with Crippen molar-refractivity contribution in [2.24, 2.45) is 0 Å². The van der Waals surface area contributed by atoms with Crippen LogP contribution in [-0.4, -0.2) is 55.2 Å². The van der Waals surface area contributed by atoms with E-state index in [-0.39, 0.29) is 6.10 Å². The molecule has 4 rings (SSSR count). The van der Waals surface area contributed by atoms with Crippen molar-refractivity contribution in [3.05, 3.63) is 77.4 Å². The highest BCUT2D eigenvalue weighted by Crippen LogP contribution is 2.32. The third kappa shape index (κ3) is 4.89. The van der Waals surface area contributed by atoms with Gasteiger partial charge in [0.2, 0.25) is 0 Å². The van der Waals surface area contributed by atoms with Crippen molar-refractivity contribution >= 4 is 5.57 Å². The monoisotopic (exact) mass is 379 g/mol. The Labute approximate surface area is 167 Å². The molecule has 1 N–H and O–H groups in total. The number of aliphatic hydroxyl groups excluding tert-OH is 1. The number of aliphatic hydroxyl groups is 1. The van der Waals surface area contributed by atoms with Crippen molar-refractivity contribution < 1.29 is 14.6 Å². The number of β-amino-alcohol motifs (C(OH)–C–C–N with tert-alkyl or cyclic N) is 1. The van der Waals surface area contributed by atoms with E-state index in [0.717, 1.165) is 39.0 Å². The third-order valence-electron chi connectivity index (χ3n) is 5.59. The van der Waals surface area contributed by atoms with Crippen molar-refractivity contribution in [3.63, 3.8) is 0 Å². The Morgan fingerprint density at radius 3 is 2.14 bits per heavy atom. The number of hydrogen-bond donors (Lipinski definition) is 1. The fourth-order valence-corrected chi connectivity index (χ4v) is 4.15. The van der Waals surface area contributed by atoms with Crippen LogP contribution in [0.3, 0.4) is 0 Å². The van der Waals surface area contributed by atoms with E-state index >= 15 is 0 Å². The summed E-state index contributed by atoms with van der Waals surface area (Å²) in [5.74, 6) is 0. The SMILES string of the molecule is OC(CN1CCC(=C(c2ccccc2)c2ccccc2)CC1)OC1CCOC1. The van der Waals surface area contributed by atoms with Crippen LogP contribution in [0.5, 0.6) is 0 Å². The fourth-order valence-electron chi connectivity index (χ4n) is 4.15. The Hall–Kier alpha value is -1.98. The van der Waals surface area contributed by atoms with Crippen LogP contribution < -0.4 is 0 Å². The Morgan fingerprint density at radius 2 is 1.61 bits per heavy atom. The Bertz CT molecular complexity index is 717.